The maximum Gasteiger partial charge on any atom is 0.256 e. The zero-order chi connectivity index (χ0) is 16.7. The zero-order valence-corrected chi connectivity index (χ0v) is 14.2. The zero-order valence-electron chi connectivity index (χ0n) is 14.2. The molecule has 6 heteroatoms. The average Bonchev–Trinajstić information content (AvgIpc) is 2.53. The van der Waals surface area contributed by atoms with E-state index in [9.17, 15) is 4.79 Å². The summed E-state index contributed by atoms with van der Waals surface area (Å²) in [7, 11) is 0. The van der Waals surface area contributed by atoms with Gasteiger partial charge in [-0.05, 0) is 25.0 Å². The molecule has 2 heterocycles. The number of aromatic nitrogens is 1. The standard InChI is InChI=1S/C17H27N3O3/c1-4-22-17-15(6-5-7-18-17)16(21)19-10-14-12-20(8-9-23-14)11-13(2)3/h5-7,13-14H,4,8-12H2,1-3H3,(H,19,21). The van der Waals surface area contributed by atoms with Gasteiger partial charge < -0.3 is 14.8 Å². The normalized spacial score (nSPS) is 18.9. The summed E-state index contributed by atoms with van der Waals surface area (Å²) in [5, 5.41) is 2.93. The van der Waals surface area contributed by atoms with Gasteiger partial charge in [0, 0.05) is 32.4 Å². The third kappa shape index (κ3) is 5.48. The van der Waals surface area contributed by atoms with E-state index >= 15 is 0 Å². The Morgan fingerprint density at radius 1 is 1.57 bits per heavy atom. The van der Waals surface area contributed by atoms with Crippen molar-refractivity contribution in [2.45, 2.75) is 26.9 Å². The summed E-state index contributed by atoms with van der Waals surface area (Å²) in [4.78, 5) is 18.8. The van der Waals surface area contributed by atoms with Crippen molar-refractivity contribution in [3.63, 3.8) is 0 Å². The van der Waals surface area contributed by atoms with Gasteiger partial charge in [-0.1, -0.05) is 13.8 Å². The highest BCUT2D eigenvalue weighted by Crippen LogP contribution is 2.14. The summed E-state index contributed by atoms with van der Waals surface area (Å²) in [5.41, 5.74) is 0.462. The fourth-order valence-corrected chi connectivity index (χ4v) is 2.70. The maximum atomic E-state index is 12.3. The Balaban J connectivity index is 1.86. The Morgan fingerprint density at radius 3 is 3.13 bits per heavy atom. The van der Waals surface area contributed by atoms with Gasteiger partial charge in [0.05, 0.1) is 19.3 Å². The smallest absolute Gasteiger partial charge is 0.256 e. The minimum Gasteiger partial charge on any atom is -0.477 e. The number of pyridine rings is 1. The molecule has 1 amide bonds. The minimum atomic E-state index is -0.175. The number of carbonyl (C=O) groups excluding carboxylic acids is 1. The van der Waals surface area contributed by atoms with Crippen LogP contribution in [0.15, 0.2) is 18.3 Å². The van der Waals surface area contributed by atoms with Crippen LogP contribution in [0, 0.1) is 5.92 Å². The molecule has 1 N–H and O–H groups in total. The number of hydrogen-bond acceptors (Lipinski definition) is 5. The number of hydrogen-bond donors (Lipinski definition) is 1. The minimum absolute atomic E-state index is 0.0265. The van der Waals surface area contributed by atoms with Crippen molar-refractivity contribution >= 4 is 5.91 Å². The predicted octanol–water partition coefficient (Wildman–Crippen LogP) is 1.57. The molecule has 1 aliphatic heterocycles. The molecule has 0 radical (unpaired) electrons. The van der Waals surface area contributed by atoms with E-state index in [1.54, 1.807) is 18.3 Å². The van der Waals surface area contributed by atoms with Gasteiger partial charge in [0.1, 0.15) is 5.56 Å². The lowest BCUT2D eigenvalue weighted by atomic mass is 10.1. The number of morpholine rings is 1. The third-order valence-electron chi connectivity index (χ3n) is 3.63. The fraction of sp³-hybridized carbons (Fsp3) is 0.647. The van der Waals surface area contributed by atoms with Crippen molar-refractivity contribution < 1.29 is 14.3 Å². The molecule has 1 unspecified atom stereocenters. The van der Waals surface area contributed by atoms with E-state index in [1.165, 1.54) is 0 Å². The van der Waals surface area contributed by atoms with Gasteiger partial charge in [0.25, 0.3) is 5.91 Å². The highest BCUT2D eigenvalue weighted by molar-refractivity contribution is 5.96. The van der Waals surface area contributed by atoms with Crippen LogP contribution in [0.25, 0.3) is 0 Å². The van der Waals surface area contributed by atoms with E-state index in [0.29, 0.717) is 37.1 Å². The molecule has 1 atom stereocenters. The number of carbonyl (C=O) groups is 1. The summed E-state index contributed by atoms with van der Waals surface area (Å²) in [5.74, 6) is 0.831. The Hall–Kier alpha value is -1.66. The predicted molar refractivity (Wildman–Crippen MR) is 88.8 cm³/mol. The Morgan fingerprint density at radius 2 is 2.39 bits per heavy atom. The Kier molecular flexibility index (Phi) is 6.80. The van der Waals surface area contributed by atoms with Crippen molar-refractivity contribution in [3.8, 4) is 5.88 Å². The van der Waals surface area contributed by atoms with Crippen LogP contribution in [0.5, 0.6) is 5.88 Å². The van der Waals surface area contributed by atoms with Gasteiger partial charge in [0.15, 0.2) is 0 Å². The molecule has 23 heavy (non-hydrogen) atoms. The van der Waals surface area contributed by atoms with E-state index in [0.717, 1.165) is 19.6 Å². The largest absolute Gasteiger partial charge is 0.477 e. The lowest BCUT2D eigenvalue weighted by Crippen LogP contribution is -2.48. The number of rotatable bonds is 7. The van der Waals surface area contributed by atoms with Crippen molar-refractivity contribution in [1.29, 1.82) is 0 Å². The van der Waals surface area contributed by atoms with E-state index < -0.39 is 0 Å². The summed E-state index contributed by atoms with van der Waals surface area (Å²) < 4.78 is 11.1. The molecule has 0 bridgehead atoms. The number of nitrogens with zero attached hydrogens (tertiary/aromatic N) is 2. The Bertz CT molecular complexity index is 508. The molecular weight excluding hydrogens is 294 g/mol. The molecule has 0 aromatic carbocycles. The van der Waals surface area contributed by atoms with Crippen LogP contribution in [-0.4, -0.2) is 61.3 Å². The second-order valence-corrected chi connectivity index (χ2v) is 6.15. The summed E-state index contributed by atoms with van der Waals surface area (Å²) in [6, 6.07) is 3.46. The van der Waals surface area contributed by atoms with Gasteiger partial charge in [-0.25, -0.2) is 4.98 Å². The molecular formula is C17H27N3O3. The van der Waals surface area contributed by atoms with Crippen molar-refractivity contribution in [2.75, 3.05) is 39.4 Å². The van der Waals surface area contributed by atoms with Gasteiger partial charge in [-0.3, -0.25) is 9.69 Å². The van der Waals surface area contributed by atoms with Gasteiger partial charge >= 0.3 is 0 Å². The lowest BCUT2D eigenvalue weighted by molar-refractivity contribution is -0.0295. The second-order valence-electron chi connectivity index (χ2n) is 6.15. The van der Waals surface area contributed by atoms with Crippen molar-refractivity contribution in [1.82, 2.24) is 15.2 Å². The SMILES string of the molecule is CCOc1ncccc1C(=O)NCC1CN(CC(C)C)CCO1. The molecule has 1 saturated heterocycles. The first-order chi connectivity index (χ1) is 11.1. The highest BCUT2D eigenvalue weighted by atomic mass is 16.5. The molecule has 6 nitrogen and oxygen atoms in total. The van der Waals surface area contributed by atoms with Gasteiger partial charge in [-0.15, -0.1) is 0 Å². The molecule has 0 spiro atoms. The first-order valence-electron chi connectivity index (χ1n) is 8.30. The number of nitrogens with one attached hydrogen (secondary N) is 1. The van der Waals surface area contributed by atoms with Gasteiger partial charge in [-0.2, -0.15) is 0 Å². The van der Waals surface area contributed by atoms with E-state index in [4.69, 9.17) is 9.47 Å². The van der Waals surface area contributed by atoms with Crippen LogP contribution in [0.4, 0.5) is 0 Å². The van der Waals surface area contributed by atoms with Crippen LogP contribution in [0.3, 0.4) is 0 Å². The van der Waals surface area contributed by atoms with Crippen LogP contribution in [0.2, 0.25) is 0 Å². The number of amides is 1. The van der Waals surface area contributed by atoms with Crippen LogP contribution < -0.4 is 10.1 Å². The van der Waals surface area contributed by atoms with E-state index in [-0.39, 0.29) is 12.0 Å². The molecule has 1 aliphatic rings. The molecule has 0 aliphatic carbocycles. The topological polar surface area (TPSA) is 63.7 Å². The highest BCUT2D eigenvalue weighted by Gasteiger charge is 2.22. The number of ether oxygens (including phenoxy) is 2. The van der Waals surface area contributed by atoms with Crippen molar-refractivity contribution in [2.24, 2.45) is 5.92 Å². The third-order valence-corrected chi connectivity index (χ3v) is 3.63. The molecule has 1 fully saturated rings. The molecule has 128 valence electrons. The first-order valence-corrected chi connectivity index (χ1v) is 8.30. The summed E-state index contributed by atoms with van der Waals surface area (Å²) in [6.07, 6.45) is 1.65. The first kappa shape index (κ1) is 17.7. The van der Waals surface area contributed by atoms with Crippen molar-refractivity contribution in [3.05, 3.63) is 23.9 Å². The van der Waals surface area contributed by atoms with Gasteiger partial charge in [0.2, 0.25) is 5.88 Å². The lowest BCUT2D eigenvalue weighted by Gasteiger charge is -2.33. The quantitative estimate of drug-likeness (QED) is 0.826. The van der Waals surface area contributed by atoms with E-state index in [2.05, 4.69) is 29.0 Å². The fourth-order valence-electron chi connectivity index (χ4n) is 2.70. The van der Waals surface area contributed by atoms with E-state index in [1.807, 2.05) is 6.92 Å². The Labute approximate surface area is 138 Å². The average molecular weight is 321 g/mol. The molecule has 2 rings (SSSR count). The summed E-state index contributed by atoms with van der Waals surface area (Å²) in [6.45, 7) is 10.9. The van der Waals surface area contributed by atoms with Crippen LogP contribution in [0.1, 0.15) is 31.1 Å². The monoisotopic (exact) mass is 321 g/mol. The molecule has 0 saturated carbocycles. The molecule has 1 aromatic rings. The maximum absolute atomic E-state index is 12.3. The summed E-state index contributed by atoms with van der Waals surface area (Å²) >= 11 is 0. The molecule has 1 aromatic heterocycles. The van der Waals surface area contributed by atoms with Crippen LogP contribution >= 0.6 is 0 Å². The second kappa shape index (κ2) is 8.84. The van der Waals surface area contributed by atoms with Crippen LogP contribution in [-0.2, 0) is 4.74 Å².